The molecular weight excluding hydrogens is 485 g/mol. The average Bonchev–Trinajstić information content (AvgIpc) is 3.48. The molecule has 1 aliphatic carbocycles. The lowest BCUT2D eigenvalue weighted by Gasteiger charge is -2.39. The largest absolute Gasteiger partial charge is 0.488 e. The van der Waals surface area contributed by atoms with Gasteiger partial charge in [-0.25, -0.2) is 4.39 Å². The molecule has 1 saturated heterocycles. The highest BCUT2D eigenvalue weighted by atomic mass is 32.1. The van der Waals surface area contributed by atoms with Crippen molar-refractivity contribution in [1.29, 1.82) is 0 Å². The van der Waals surface area contributed by atoms with E-state index in [2.05, 4.69) is 54.8 Å². The lowest BCUT2D eigenvalue weighted by molar-refractivity contribution is -0.143. The Morgan fingerprint density at radius 1 is 1.22 bits per heavy atom. The van der Waals surface area contributed by atoms with E-state index in [1.165, 1.54) is 22.1 Å². The second-order valence-corrected chi connectivity index (χ2v) is 10.8. The first kappa shape index (κ1) is 27.1. The third-order valence-electron chi connectivity index (χ3n) is 7.17. The molecule has 0 atom stereocenters. The summed E-state index contributed by atoms with van der Waals surface area (Å²) in [6, 6.07) is 9.10. The number of hydrogen-bond acceptors (Lipinski definition) is 5. The Balaban J connectivity index is 1.25. The van der Waals surface area contributed by atoms with Crippen LogP contribution < -0.4 is 4.74 Å². The zero-order chi connectivity index (χ0) is 26.3. The molecule has 2 aromatic rings. The molecule has 196 valence electrons. The number of piperidine rings is 1. The van der Waals surface area contributed by atoms with Gasteiger partial charge < -0.3 is 9.47 Å². The molecule has 0 N–H and O–H groups in total. The van der Waals surface area contributed by atoms with Crippen LogP contribution in [-0.4, -0.2) is 30.6 Å². The Kier molecular flexibility index (Phi) is 9.17. The van der Waals surface area contributed by atoms with Crippen molar-refractivity contribution in [1.82, 2.24) is 4.90 Å². The first-order chi connectivity index (χ1) is 18.0. The van der Waals surface area contributed by atoms with E-state index in [1.54, 1.807) is 30.4 Å². The number of benzene rings is 1. The molecular formula is C31H36FNO3S. The number of thiophene rings is 1. The molecule has 1 spiro atoms. The van der Waals surface area contributed by atoms with Crippen LogP contribution >= 0.6 is 11.3 Å². The van der Waals surface area contributed by atoms with Crippen molar-refractivity contribution in [3.05, 3.63) is 99.6 Å². The zero-order valence-electron chi connectivity index (χ0n) is 21.8. The Morgan fingerprint density at radius 3 is 2.70 bits per heavy atom. The first-order valence-electron chi connectivity index (χ1n) is 13.0. The highest BCUT2D eigenvalue weighted by Gasteiger charge is 2.39. The second kappa shape index (κ2) is 12.5. The number of carbonyl (C=O) groups excluding carboxylic acids is 1. The summed E-state index contributed by atoms with van der Waals surface area (Å²) >= 11 is 1.75. The van der Waals surface area contributed by atoms with E-state index in [0.717, 1.165) is 37.4 Å². The second-order valence-electron chi connectivity index (χ2n) is 9.54. The standard InChI is InChI=1S/C31H36FNO3S/c1-4-7-23-14-15-31(28(23)5-2)16-18-33(19-17-31)21-26-11-12-27(37-26)22-36-25-10-8-24(29(32)20-25)9-13-30(34)35-6-3/h4-5,7-8,10-12,14-15,20H,1,6,9,13,16-19,21-22H2,2-3H3/b23-7-,28-5+. The number of aryl methyl sites for hydroxylation is 1. The Bertz CT molecular complexity index is 1200. The monoisotopic (exact) mass is 521 g/mol. The summed E-state index contributed by atoms with van der Waals surface area (Å²) < 4.78 is 25.2. The molecule has 2 heterocycles. The lowest BCUT2D eigenvalue weighted by atomic mass is 9.73. The maximum absolute atomic E-state index is 14.4. The van der Waals surface area contributed by atoms with E-state index < -0.39 is 0 Å². The van der Waals surface area contributed by atoms with Gasteiger partial charge in [0, 0.05) is 34.2 Å². The predicted molar refractivity (Wildman–Crippen MR) is 148 cm³/mol. The highest BCUT2D eigenvalue weighted by molar-refractivity contribution is 7.11. The molecule has 1 aromatic carbocycles. The van der Waals surface area contributed by atoms with Gasteiger partial charge in [-0.2, -0.15) is 0 Å². The summed E-state index contributed by atoms with van der Waals surface area (Å²) in [6.45, 7) is 11.6. The third-order valence-corrected chi connectivity index (χ3v) is 8.21. The van der Waals surface area contributed by atoms with Gasteiger partial charge in [0.1, 0.15) is 18.2 Å². The summed E-state index contributed by atoms with van der Waals surface area (Å²) in [7, 11) is 0. The number of nitrogens with zero attached hydrogens (tertiary/aromatic N) is 1. The quantitative estimate of drug-likeness (QED) is 0.311. The lowest BCUT2D eigenvalue weighted by Crippen LogP contribution is -2.38. The summed E-state index contributed by atoms with van der Waals surface area (Å²) in [6.07, 6.45) is 13.6. The molecule has 2 aliphatic rings. The number of carbonyl (C=O) groups is 1. The minimum atomic E-state index is -0.359. The van der Waals surface area contributed by atoms with Crippen molar-refractivity contribution >= 4 is 17.3 Å². The highest BCUT2D eigenvalue weighted by Crippen LogP contribution is 2.48. The molecule has 0 bridgehead atoms. The van der Waals surface area contributed by atoms with Crippen LogP contribution in [-0.2, 0) is 29.1 Å². The topological polar surface area (TPSA) is 38.8 Å². The van der Waals surface area contributed by atoms with E-state index >= 15 is 0 Å². The van der Waals surface area contributed by atoms with Gasteiger partial charge >= 0.3 is 5.97 Å². The molecule has 1 aliphatic heterocycles. The fourth-order valence-electron chi connectivity index (χ4n) is 5.24. The maximum Gasteiger partial charge on any atom is 0.306 e. The summed E-state index contributed by atoms with van der Waals surface area (Å²) in [4.78, 5) is 16.5. The number of esters is 1. The zero-order valence-corrected chi connectivity index (χ0v) is 22.6. The number of ether oxygens (including phenoxy) is 2. The molecule has 0 saturated carbocycles. The van der Waals surface area contributed by atoms with Crippen molar-refractivity contribution in [3.63, 3.8) is 0 Å². The number of halogens is 1. The molecule has 4 nitrogen and oxygen atoms in total. The maximum atomic E-state index is 14.4. The normalized spacial score (nSPS) is 19.1. The molecule has 37 heavy (non-hydrogen) atoms. The fraction of sp³-hybridized carbons (Fsp3) is 0.387. The molecule has 1 fully saturated rings. The van der Waals surface area contributed by atoms with Crippen molar-refractivity contribution < 1.29 is 18.7 Å². The predicted octanol–water partition coefficient (Wildman–Crippen LogP) is 7.17. The van der Waals surface area contributed by atoms with Crippen LogP contribution in [0.1, 0.15) is 48.4 Å². The minimum Gasteiger partial charge on any atom is -0.488 e. The molecule has 0 radical (unpaired) electrons. The van der Waals surface area contributed by atoms with Gasteiger partial charge in [0.2, 0.25) is 0 Å². The first-order valence-corrected chi connectivity index (χ1v) is 13.8. The van der Waals surface area contributed by atoms with E-state index in [-0.39, 0.29) is 23.6 Å². The summed E-state index contributed by atoms with van der Waals surface area (Å²) in [5, 5.41) is 0. The van der Waals surface area contributed by atoms with Crippen molar-refractivity contribution in [2.75, 3.05) is 19.7 Å². The fourth-order valence-corrected chi connectivity index (χ4v) is 6.21. The van der Waals surface area contributed by atoms with E-state index in [4.69, 9.17) is 9.47 Å². The molecule has 0 unspecified atom stereocenters. The van der Waals surface area contributed by atoms with E-state index in [9.17, 15) is 9.18 Å². The van der Waals surface area contributed by atoms with Crippen LogP contribution in [0, 0.1) is 11.2 Å². The van der Waals surface area contributed by atoms with Gasteiger partial charge in [-0.1, -0.05) is 43.0 Å². The van der Waals surface area contributed by atoms with Gasteiger partial charge in [0.15, 0.2) is 0 Å². The van der Waals surface area contributed by atoms with Crippen molar-refractivity contribution in [3.8, 4) is 5.75 Å². The minimum absolute atomic E-state index is 0.165. The molecule has 4 rings (SSSR count). The number of allylic oxidation sites excluding steroid dienone is 7. The molecule has 1 aromatic heterocycles. The van der Waals surface area contributed by atoms with Crippen LogP contribution in [0.15, 0.2) is 78.4 Å². The number of likely N-dealkylation sites (tertiary alicyclic amines) is 1. The van der Waals surface area contributed by atoms with Crippen molar-refractivity contribution in [2.45, 2.75) is 52.7 Å². The van der Waals surface area contributed by atoms with Gasteiger partial charge in [-0.15, -0.1) is 11.3 Å². The molecule has 6 heteroatoms. The van der Waals surface area contributed by atoms with Crippen LogP contribution in [0.3, 0.4) is 0 Å². The third kappa shape index (κ3) is 6.68. The number of hydrogen-bond donors (Lipinski definition) is 0. The van der Waals surface area contributed by atoms with Crippen LogP contribution in [0.2, 0.25) is 0 Å². The van der Waals surface area contributed by atoms with E-state index in [0.29, 0.717) is 30.9 Å². The summed E-state index contributed by atoms with van der Waals surface area (Å²) in [5.74, 6) is -0.183. The number of rotatable bonds is 10. The van der Waals surface area contributed by atoms with Gasteiger partial charge in [0.05, 0.1) is 6.61 Å². The Labute approximate surface area is 223 Å². The Morgan fingerprint density at radius 2 is 2.00 bits per heavy atom. The van der Waals surface area contributed by atoms with Gasteiger partial charge in [-0.05, 0) is 81.1 Å². The van der Waals surface area contributed by atoms with E-state index in [1.807, 2.05) is 6.08 Å². The van der Waals surface area contributed by atoms with Crippen molar-refractivity contribution in [2.24, 2.45) is 5.41 Å². The SMILES string of the molecule is C=C/C=C1/C=CC2(CCN(Cc3ccc(COc4ccc(CCC(=O)OCC)c(F)c4)s3)CC2)/C1=C/C. The average molecular weight is 522 g/mol. The smallest absolute Gasteiger partial charge is 0.306 e. The van der Waals surface area contributed by atoms with Crippen LogP contribution in [0.25, 0.3) is 0 Å². The van der Waals surface area contributed by atoms with Crippen LogP contribution in [0.5, 0.6) is 5.75 Å². The van der Waals surface area contributed by atoms with Crippen LogP contribution in [0.4, 0.5) is 4.39 Å². The summed E-state index contributed by atoms with van der Waals surface area (Å²) in [5.41, 5.74) is 3.38. The molecule has 0 amide bonds. The van der Waals surface area contributed by atoms with Gasteiger partial charge in [-0.3, -0.25) is 9.69 Å². The van der Waals surface area contributed by atoms with Gasteiger partial charge in [0.25, 0.3) is 0 Å². The Hall–Kier alpha value is -2.96.